The molecule has 1 aromatic carbocycles. The minimum atomic E-state index is -0.404. The summed E-state index contributed by atoms with van der Waals surface area (Å²) in [5.41, 5.74) is 0.429. The largest absolute Gasteiger partial charge is 0.347 e. The van der Waals surface area contributed by atoms with Crippen molar-refractivity contribution in [2.45, 2.75) is 43.0 Å². The molecule has 0 atom stereocenters. The predicted octanol–water partition coefficient (Wildman–Crippen LogP) is 3.18. The summed E-state index contributed by atoms with van der Waals surface area (Å²) in [4.78, 5) is 12.2. The van der Waals surface area contributed by atoms with Crippen LogP contribution >= 0.6 is 12.6 Å². The van der Waals surface area contributed by atoms with E-state index in [1.54, 1.807) is 0 Å². The van der Waals surface area contributed by atoms with Crippen molar-refractivity contribution in [3.05, 3.63) is 29.6 Å². The van der Waals surface area contributed by atoms with Gasteiger partial charge in [0.1, 0.15) is 5.82 Å². The van der Waals surface area contributed by atoms with Gasteiger partial charge in [-0.15, -0.1) is 12.6 Å². The van der Waals surface area contributed by atoms with E-state index in [2.05, 4.69) is 24.9 Å². The van der Waals surface area contributed by atoms with Crippen LogP contribution in [0.5, 0.6) is 0 Å². The molecule has 0 unspecified atom stereocenters. The maximum Gasteiger partial charge on any atom is 0.251 e. The molecule has 0 saturated heterocycles. The van der Waals surface area contributed by atoms with Gasteiger partial charge in [0, 0.05) is 16.0 Å². The van der Waals surface area contributed by atoms with E-state index in [1.807, 2.05) is 0 Å². The van der Waals surface area contributed by atoms with Crippen LogP contribution in [0.2, 0.25) is 0 Å². The fourth-order valence-corrected chi connectivity index (χ4v) is 2.35. The van der Waals surface area contributed by atoms with Crippen LogP contribution in [0.1, 0.15) is 43.0 Å². The van der Waals surface area contributed by atoms with E-state index in [0.29, 0.717) is 5.56 Å². The van der Waals surface area contributed by atoms with Crippen molar-refractivity contribution in [1.29, 1.82) is 0 Å². The molecule has 0 spiro atoms. The maximum absolute atomic E-state index is 13.0. The number of amides is 1. The van der Waals surface area contributed by atoms with Crippen molar-refractivity contribution in [2.24, 2.45) is 0 Å². The van der Waals surface area contributed by atoms with Gasteiger partial charge >= 0.3 is 0 Å². The highest BCUT2D eigenvalue weighted by Crippen LogP contribution is 2.34. The van der Waals surface area contributed by atoms with Gasteiger partial charge in [0.2, 0.25) is 0 Å². The third-order valence-electron chi connectivity index (χ3n) is 3.57. The summed E-state index contributed by atoms with van der Waals surface area (Å²) in [5, 5.41) is 3.05. The molecular weight excluding hydrogens is 237 g/mol. The Kier molecular flexibility index (Phi) is 3.43. The Labute approximate surface area is 106 Å². The average Bonchev–Trinajstić information content (AvgIpc) is 2.27. The van der Waals surface area contributed by atoms with Gasteiger partial charge in [-0.05, 0) is 43.9 Å². The van der Waals surface area contributed by atoms with Crippen LogP contribution < -0.4 is 5.32 Å². The molecule has 0 bridgehead atoms. The molecule has 4 heteroatoms. The molecule has 1 aliphatic rings. The van der Waals surface area contributed by atoms with Gasteiger partial charge in [-0.2, -0.15) is 0 Å². The molecule has 17 heavy (non-hydrogen) atoms. The second-order valence-corrected chi connectivity index (χ2v) is 5.09. The number of carbonyl (C=O) groups is 1. The number of benzene rings is 1. The summed E-state index contributed by atoms with van der Waals surface area (Å²) in [5.74, 6) is -0.541. The second kappa shape index (κ2) is 4.69. The first-order valence-electron chi connectivity index (χ1n) is 5.87. The molecule has 1 amide bonds. The van der Waals surface area contributed by atoms with Crippen molar-refractivity contribution < 1.29 is 9.18 Å². The first-order valence-corrected chi connectivity index (χ1v) is 6.32. The van der Waals surface area contributed by atoms with Gasteiger partial charge in [0.25, 0.3) is 5.91 Å². The number of hydrogen-bond acceptors (Lipinski definition) is 2. The third-order valence-corrected chi connectivity index (χ3v) is 3.92. The van der Waals surface area contributed by atoms with Crippen molar-refractivity contribution in [3.63, 3.8) is 0 Å². The highest BCUT2D eigenvalue weighted by molar-refractivity contribution is 7.80. The van der Waals surface area contributed by atoms with Crippen molar-refractivity contribution >= 4 is 18.5 Å². The van der Waals surface area contributed by atoms with Crippen LogP contribution in [-0.4, -0.2) is 11.4 Å². The lowest BCUT2D eigenvalue weighted by Crippen LogP contribution is -2.52. The molecule has 0 radical (unpaired) electrons. The monoisotopic (exact) mass is 253 g/mol. The lowest BCUT2D eigenvalue weighted by atomic mass is 9.74. The van der Waals surface area contributed by atoms with Crippen LogP contribution in [-0.2, 0) is 0 Å². The van der Waals surface area contributed by atoms with Crippen LogP contribution in [0.3, 0.4) is 0 Å². The van der Waals surface area contributed by atoms with Crippen LogP contribution in [0.25, 0.3) is 0 Å². The molecule has 1 fully saturated rings. The summed E-state index contributed by atoms with van der Waals surface area (Å²) in [6.07, 6.45) is 4.16. The molecule has 2 rings (SSSR count). The van der Waals surface area contributed by atoms with Crippen LogP contribution in [0.4, 0.5) is 4.39 Å². The minimum Gasteiger partial charge on any atom is -0.347 e. The summed E-state index contributed by atoms with van der Waals surface area (Å²) in [6.45, 7) is 2.08. The SMILES string of the molecule is CCC1(NC(=O)c2ccc(F)c(S)c2)CCC1. The normalized spacial score (nSPS) is 17.4. The Morgan fingerprint density at radius 2 is 2.24 bits per heavy atom. The molecule has 0 heterocycles. The smallest absolute Gasteiger partial charge is 0.251 e. The highest BCUT2D eigenvalue weighted by Gasteiger charge is 2.36. The quantitative estimate of drug-likeness (QED) is 0.796. The Balaban J connectivity index is 2.11. The molecule has 1 aromatic rings. The standard InChI is InChI=1S/C13H16FNOS/c1-2-13(6-3-7-13)15-12(16)9-4-5-10(14)11(17)8-9/h4-5,8,17H,2-3,6-7H2,1H3,(H,15,16). The zero-order valence-electron chi connectivity index (χ0n) is 9.79. The summed E-state index contributed by atoms with van der Waals surface area (Å²) < 4.78 is 13.0. The maximum atomic E-state index is 13.0. The first-order chi connectivity index (χ1) is 8.06. The van der Waals surface area contributed by atoms with Crippen LogP contribution in [0.15, 0.2) is 23.1 Å². The van der Waals surface area contributed by atoms with Gasteiger partial charge in [-0.25, -0.2) is 4.39 Å². The lowest BCUT2D eigenvalue weighted by molar-refractivity contribution is 0.0820. The first kappa shape index (κ1) is 12.4. The molecule has 1 N–H and O–H groups in total. The number of halogens is 1. The molecule has 1 saturated carbocycles. The van der Waals surface area contributed by atoms with Gasteiger partial charge in [0.05, 0.1) is 0 Å². The zero-order valence-corrected chi connectivity index (χ0v) is 10.7. The van der Waals surface area contributed by atoms with Gasteiger partial charge < -0.3 is 5.32 Å². The number of rotatable bonds is 3. The second-order valence-electron chi connectivity index (χ2n) is 4.61. The van der Waals surface area contributed by atoms with Gasteiger partial charge in [-0.1, -0.05) is 6.92 Å². The Bertz CT molecular complexity index is 438. The van der Waals surface area contributed by atoms with E-state index in [1.165, 1.54) is 18.2 Å². The fourth-order valence-electron chi connectivity index (χ4n) is 2.14. The number of hydrogen-bond donors (Lipinski definition) is 2. The van der Waals surface area contributed by atoms with E-state index in [-0.39, 0.29) is 16.3 Å². The lowest BCUT2D eigenvalue weighted by Gasteiger charge is -2.42. The fraction of sp³-hybridized carbons (Fsp3) is 0.462. The number of thiol groups is 1. The predicted molar refractivity (Wildman–Crippen MR) is 68.0 cm³/mol. The minimum absolute atomic E-state index is 0.0395. The molecule has 0 aliphatic heterocycles. The Morgan fingerprint density at radius 3 is 2.71 bits per heavy atom. The summed E-state index contributed by atoms with van der Waals surface area (Å²) in [6, 6.07) is 4.23. The Hall–Kier alpha value is -1.03. The molecule has 0 aromatic heterocycles. The Morgan fingerprint density at radius 1 is 1.53 bits per heavy atom. The number of nitrogens with one attached hydrogen (secondary N) is 1. The highest BCUT2D eigenvalue weighted by atomic mass is 32.1. The number of carbonyl (C=O) groups excluding carboxylic acids is 1. The van der Waals surface area contributed by atoms with Crippen molar-refractivity contribution in [3.8, 4) is 0 Å². The molecule has 92 valence electrons. The molecule has 1 aliphatic carbocycles. The molecular formula is C13H16FNOS. The zero-order chi connectivity index (χ0) is 12.5. The topological polar surface area (TPSA) is 29.1 Å². The summed E-state index contributed by atoms with van der Waals surface area (Å²) >= 11 is 3.98. The van der Waals surface area contributed by atoms with Gasteiger partial charge in [-0.3, -0.25) is 4.79 Å². The van der Waals surface area contributed by atoms with E-state index >= 15 is 0 Å². The van der Waals surface area contributed by atoms with Crippen molar-refractivity contribution in [2.75, 3.05) is 0 Å². The van der Waals surface area contributed by atoms with E-state index in [0.717, 1.165) is 25.7 Å². The van der Waals surface area contributed by atoms with Gasteiger partial charge in [0.15, 0.2) is 0 Å². The van der Waals surface area contributed by atoms with Crippen molar-refractivity contribution in [1.82, 2.24) is 5.32 Å². The third kappa shape index (κ3) is 2.46. The van der Waals surface area contributed by atoms with E-state index < -0.39 is 5.82 Å². The van der Waals surface area contributed by atoms with E-state index in [4.69, 9.17) is 0 Å². The van der Waals surface area contributed by atoms with Crippen LogP contribution in [0, 0.1) is 5.82 Å². The van der Waals surface area contributed by atoms with E-state index in [9.17, 15) is 9.18 Å². The average molecular weight is 253 g/mol. The molecule has 2 nitrogen and oxygen atoms in total. The summed E-state index contributed by atoms with van der Waals surface area (Å²) in [7, 11) is 0.